The molecule has 8 aromatic rings. The summed E-state index contributed by atoms with van der Waals surface area (Å²) in [4.78, 5) is 37.9. The van der Waals surface area contributed by atoms with E-state index < -0.39 is 34.9 Å². The molecule has 4 atom stereocenters. The van der Waals surface area contributed by atoms with Crippen LogP contribution >= 0.6 is 0 Å². The molecule has 14 rings (SSSR count). The number of halogens is 4. The summed E-state index contributed by atoms with van der Waals surface area (Å²) in [7, 11) is 0. The standard InChI is InChI=1S/C63H66F4N10O4/c64-47-17-4-12-39-11-3-15-43(50(39)47)54-52(66)56-45(32-68-54)58(74-27-6-13-40(79)21-31-74)72-60(70-56)81-37-63-24-9-30-77(63)49(20-25-63)41-18-19-48(65)51-42(41)14-5-16-44(51)55-53(67)57-46(33-69-55)59(75-26-2-1-10-38(34-75)35-78)73-61(71-57)80-36-62-22-7-28-76(62)29-8-23-62/h3-5,11-12,14-19,32-33,38,40,49,78-79H,1-2,6-10,13,20-31,34-37H2. The van der Waals surface area contributed by atoms with Gasteiger partial charge in [0, 0.05) is 73.1 Å². The Labute approximate surface area is 467 Å². The Morgan fingerprint density at radius 2 is 1.19 bits per heavy atom. The lowest BCUT2D eigenvalue weighted by atomic mass is 9.92. The predicted octanol–water partition coefficient (Wildman–Crippen LogP) is 11.3. The molecule has 10 heterocycles. The van der Waals surface area contributed by atoms with E-state index in [0.717, 1.165) is 95.8 Å². The molecular formula is C63H66F4N10O4. The molecule has 6 aliphatic rings. The van der Waals surface area contributed by atoms with E-state index in [-0.39, 0.29) is 75.9 Å². The molecule has 6 aliphatic heterocycles. The zero-order chi connectivity index (χ0) is 55.0. The van der Waals surface area contributed by atoms with Crippen LogP contribution in [-0.4, -0.2) is 133 Å². The third-order valence-electron chi connectivity index (χ3n) is 19.0. The van der Waals surface area contributed by atoms with Gasteiger partial charge < -0.3 is 29.5 Å². The van der Waals surface area contributed by atoms with Crippen molar-refractivity contribution in [1.82, 2.24) is 39.7 Å². The van der Waals surface area contributed by atoms with Gasteiger partial charge in [0.25, 0.3) is 0 Å². The Morgan fingerprint density at radius 3 is 1.91 bits per heavy atom. The van der Waals surface area contributed by atoms with Crippen molar-refractivity contribution in [3.05, 3.63) is 108 Å². The van der Waals surface area contributed by atoms with E-state index in [1.165, 1.54) is 12.1 Å². The van der Waals surface area contributed by atoms with Crippen LogP contribution in [0.3, 0.4) is 0 Å². The summed E-state index contributed by atoms with van der Waals surface area (Å²) in [6, 6.07) is 18.7. The van der Waals surface area contributed by atoms with E-state index in [4.69, 9.17) is 34.4 Å². The Balaban J connectivity index is 0.797. The molecule has 4 aromatic heterocycles. The van der Waals surface area contributed by atoms with Crippen LogP contribution in [0.5, 0.6) is 12.0 Å². The largest absolute Gasteiger partial charge is 0.461 e. The molecule has 14 nitrogen and oxygen atoms in total. The lowest BCUT2D eigenvalue weighted by Gasteiger charge is -2.35. The van der Waals surface area contributed by atoms with Gasteiger partial charge in [-0.2, -0.15) is 19.9 Å². The number of anilines is 2. The van der Waals surface area contributed by atoms with Crippen molar-refractivity contribution in [2.45, 2.75) is 113 Å². The highest BCUT2D eigenvalue weighted by atomic mass is 19.1. The second-order valence-electron chi connectivity index (χ2n) is 23.7. The number of pyridine rings is 2. The number of benzene rings is 4. The Morgan fingerprint density at radius 1 is 0.556 bits per heavy atom. The average molecular weight is 1100 g/mol. The van der Waals surface area contributed by atoms with Gasteiger partial charge in [0.2, 0.25) is 0 Å². The summed E-state index contributed by atoms with van der Waals surface area (Å²) in [6.07, 6.45) is 14.7. The van der Waals surface area contributed by atoms with Crippen LogP contribution in [-0.2, 0) is 0 Å². The number of ether oxygens (including phenoxy) is 2. The van der Waals surface area contributed by atoms with E-state index in [1.807, 2.05) is 23.1 Å². The molecule has 2 N–H and O–H groups in total. The minimum absolute atomic E-state index is 0.000225. The molecule has 18 heteroatoms. The van der Waals surface area contributed by atoms with Crippen LogP contribution in [0.2, 0.25) is 0 Å². The van der Waals surface area contributed by atoms with E-state index >= 15 is 17.6 Å². The Hall–Kier alpha value is -6.86. The monoisotopic (exact) mass is 1100 g/mol. The maximum Gasteiger partial charge on any atom is 0.319 e. The molecule has 0 spiro atoms. The van der Waals surface area contributed by atoms with Gasteiger partial charge in [0.1, 0.15) is 58.9 Å². The highest BCUT2D eigenvalue weighted by Gasteiger charge is 2.51. The van der Waals surface area contributed by atoms with Crippen LogP contribution in [0.25, 0.3) is 65.9 Å². The van der Waals surface area contributed by atoms with Crippen LogP contribution in [0.15, 0.2) is 79.1 Å². The van der Waals surface area contributed by atoms with Crippen molar-refractivity contribution in [1.29, 1.82) is 0 Å². The van der Waals surface area contributed by atoms with Crippen molar-refractivity contribution >= 4 is 55.0 Å². The van der Waals surface area contributed by atoms with Crippen LogP contribution in [0.4, 0.5) is 29.2 Å². The quantitative estimate of drug-likeness (QED) is 0.112. The number of aromatic nitrogens is 6. The van der Waals surface area contributed by atoms with Gasteiger partial charge in [-0.15, -0.1) is 0 Å². The molecular weight excluding hydrogens is 1040 g/mol. The number of rotatable bonds is 12. The van der Waals surface area contributed by atoms with E-state index in [0.29, 0.717) is 96.4 Å². The maximum absolute atomic E-state index is 17.7. The normalized spacial score (nSPS) is 23.4. The fraction of sp³-hybridized carbons (Fsp3) is 0.460. The highest BCUT2D eigenvalue weighted by molar-refractivity contribution is 6.02. The molecule has 0 amide bonds. The van der Waals surface area contributed by atoms with Gasteiger partial charge in [-0.3, -0.25) is 19.8 Å². The lowest BCUT2D eigenvalue weighted by molar-refractivity contribution is 0.0849. The zero-order valence-electron chi connectivity index (χ0n) is 45.4. The molecule has 6 saturated heterocycles. The molecule has 420 valence electrons. The summed E-state index contributed by atoms with van der Waals surface area (Å²) in [6.45, 7) is 5.73. The van der Waals surface area contributed by atoms with Gasteiger partial charge in [-0.05, 0) is 137 Å². The van der Waals surface area contributed by atoms with Gasteiger partial charge in [0.15, 0.2) is 11.6 Å². The number of aliphatic hydroxyl groups excluding tert-OH is 2. The smallest absolute Gasteiger partial charge is 0.319 e. The second kappa shape index (κ2) is 21.2. The first-order chi connectivity index (χ1) is 39.6. The zero-order valence-corrected chi connectivity index (χ0v) is 45.4. The van der Waals surface area contributed by atoms with E-state index in [1.54, 1.807) is 48.8 Å². The summed E-state index contributed by atoms with van der Waals surface area (Å²) in [5, 5.41) is 23.5. The average Bonchev–Trinajstić information content (AvgIpc) is 4.41. The number of hydrogen-bond donors (Lipinski definition) is 2. The van der Waals surface area contributed by atoms with Crippen molar-refractivity contribution < 1.29 is 37.2 Å². The number of fused-ring (bicyclic) bond motifs is 6. The van der Waals surface area contributed by atoms with Gasteiger partial charge in [-0.1, -0.05) is 61.0 Å². The van der Waals surface area contributed by atoms with Gasteiger partial charge in [-0.25, -0.2) is 17.6 Å². The SMILES string of the molecule is OCC1CCCCN(c2nc(OCC34CCCN3CCC4)nc3c(F)c(-c4cccc5c(C6CCC7(COc8nc(N9CCCC(O)CC9)c9cnc(-c%10cccc%11cccc(F)c%10%11)c(F)c9n8)CCCN67)ccc(F)c45)ncc23)C1. The first kappa shape index (κ1) is 52.2. The lowest BCUT2D eigenvalue weighted by Crippen LogP contribution is -2.44. The summed E-state index contributed by atoms with van der Waals surface area (Å²) < 4.78 is 80.4. The molecule has 0 bridgehead atoms. The highest BCUT2D eigenvalue weighted by Crippen LogP contribution is 2.51. The molecule has 6 fully saturated rings. The number of hydrogen-bond acceptors (Lipinski definition) is 14. The minimum Gasteiger partial charge on any atom is -0.461 e. The summed E-state index contributed by atoms with van der Waals surface area (Å²) >= 11 is 0. The van der Waals surface area contributed by atoms with Crippen molar-refractivity contribution in [3.63, 3.8) is 0 Å². The topological polar surface area (TPSA) is 149 Å². The van der Waals surface area contributed by atoms with Gasteiger partial charge in [0.05, 0.1) is 28.0 Å². The van der Waals surface area contributed by atoms with E-state index in [9.17, 15) is 10.2 Å². The Kier molecular flexibility index (Phi) is 13.6. The van der Waals surface area contributed by atoms with Crippen LogP contribution in [0.1, 0.15) is 101 Å². The first-order valence-electron chi connectivity index (χ1n) is 29.3. The van der Waals surface area contributed by atoms with Crippen molar-refractivity contribution in [2.24, 2.45) is 5.92 Å². The summed E-state index contributed by atoms with van der Waals surface area (Å²) in [5.74, 6) is -1.38. The Bertz CT molecular complexity index is 3730. The van der Waals surface area contributed by atoms with Crippen LogP contribution < -0.4 is 19.3 Å². The number of aliphatic hydroxyl groups is 2. The van der Waals surface area contributed by atoms with Gasteiger partial charge >= 0.3 is 12.0 Å². The first-order valence-corrected chi connectivity index (χ1v) is 29.3. The molecule has 0 saturated carbocycles. The van der Waals surface area contributed by atoms with Crippen molar-refractivity contribution in [2.75, 3.05) is 75.4 Å². The third kappa shape index (κ3) is 9.15. The fourth-order valence-electron chi connectivity index (χ4n) is 14.9. The third-order valence-corrected chi connectivity index (χ3v) is 19.0. The number of nitrogens with zero attached hydrogens (tertiary/aromatic N) is 10. The minimum atomic E-state index is -0.717. The second-order valence-corrected chi connectivity index (χ2v) is 23.7. The molecule has 4 unspecified atom stereocenters. The molecule has 0 radical (unpaired) electrons. The maximum atomic E-state index is 17.7. The summed E-state index contributed by atoms with van der Waals surface area (Å²) in [5.41, 5.74) is 0.967. The molecule has 81 heavy (non-hydrogen) atoms. The predicted molar refractivity (Wildman–Crippen MR) is 304 cm³/mol. The molecule has 0 aliphatic carbocycles. The van der Waals surface area contributed by atoms with Crippen LogP contribution in [0, 0.1) is 29.2 Å². The van der Waals surface area contributed by atoms with E-state index in [2.05, 4.69) is 19.7 Å². The van der Waals surface area contributed by atoms with Crippen molar-refractivity contribution in [3.8, 4) is 34.5 Å². The fourth-order valence-corrected chi connectivity index (χ4v) is 14.9. The molecule has 4 aromatic carbocycles.